The summed E-state index contributed by atoms with van der Waals surface area (Å²) >= 11 is 0. The summed E-state index contributed by atoms with van der Waals surface area (Å²) in [5.74, 6) is 0.215. The molecule has 1 aliphatic rings. The molecule has 1 fully saturated rings. The third-order valence-corrected chi connectivity index (χ3v) is 4.47. The van der Waals surface area contributed by atoms with Crippen LogP contribution in [0.4, 0.5) is 5.69 Å². The van der Waals surface area contributed by atoms with Crippen LogP contribution in [0.1, 0.15) is 45.1 Å². The van der Waals surface area contributed by atoms with Gasteiger partial charge in [0.2, 0.25) is 5.91 Å². The Hall–Kier alpha value is -1.14. The van der Waals surface area contributed by atoms with Gasteiger partial charge in [0.15, 0.2) is 0 Å². The van der Waals surface area contributed by atoms with Gasteiger partial charge >= 0.3 is 0 Å². The summed E-state index contributed by atoms with van der Waals surface area (Å²) in [4.78, 5) is 12.4. The van der Waals surface area contributed by atoms with Crippen molar-refractivity contribution in [2.75, 3.05) is 31.7 Å². The SMILES string of the molecule is CCCCOCCOCc1cccc(NC(=O)[C@H]2CCN[C@@H](C)C2)c1.Cl. The molecule has 0 radical (unpaired) electrons. The molecule has 2 N–H and O–H groups in total. The summed E-state index contributed by atoms with van der Waals surface area (Å²) in [7, 11) is 0. The molecule has 148 valence electrons. The molecule has 5 nitrogen and oxygen atoms in total. The van der Waals surface area contributed by atoms with E-state index in [-0.39, 0.29) is 24.2 Å². The van der Waals surface area contributed by atoms with Gasteiger partial charge in [-0.25, -0.2) is 0 Å². The van der Waals surface area contributed by atoms with Gasteiger partial charge in [-0.15, -0.1) is 12.4 Å². The van der Waals surface area contributed by atoms with Crippen molar-refractivity contribution in [3.63, 3.8) is 0 Å². The summed E-state index contributed by atoms with van der Waals surface area (Å²) in [5.41, 5.74) is 1.90. The molecule has 6 heteroatoms. The molecular weight excluding hydrogens is 352 g/mol. The van der Waals surface area contributed by atoms with E-state index in [1.54, 1.807) is 0 Å². The Morgan fingerprint density at radius 2 is 2.08 bits per heavy atom. The minimum Gasteiger partial charge on any atom is -0.379 e. The maximum Gasteiger partial charge on any atom is 0.227 e. The highest BCUT2D eigenvalue weighted by Gasteiger charge is 2.24. The first-order valence-electron chi connectivity index (χ1n) is 9.47. The lowest BCUT2D eigenvalue weighted by Crippen LogP contribution is -2.40. The lowest BCUT2D eigenvalue weighted by molar-refractivity contribution is -0.120. The van der Waals surface area contributed by atoms with Crippen molar-refractivity contribution in [2.45, 2.75) is 52.2 Å². The van der Waals surface area contributed by atoms with Crippen molar-refractivity contribution < 1.29 is 14.3 Å². The van der Waals surface area contributed by atoms with E-state index < -0.39 is 0 Å². The van der Waals surface area contributed by atoms with Crippen LogP contribution in [-0.2, 0) is 20.9 Å². The van der Waals surface area contributed by atoms with E-state index in [4.69, 9.17) is 9.47 Å². The van der Waals surface area contributed by atoms with Crippen molar-refractivity contribution in [1.82, 2.24) is 5.32 Å². The molecule has 2 atom stereocenters. The lowest BCUT2D eigenvalue weighted by atomic mass is 9.92. The summed E-state index contributed by atoms with van der Waals surface area (Å²) in [6, 6.07) is 8.29. The number of hydrogen-bond donors (Lipinski definition) is 2. The Kier molecular flexibility index (Phi) is 11.5. The molecule has 1 heterocycles. The molecule has 1 saturated heterocycles. The van der Waals surface area contributed by atoms with Crippen LogP contribution in [0, 0.1) is 5.92 Å². The van der Waals surface area contributed by atoms with Crippen LogP contribution >= 0.6 is 12.4 Å². The molecule has 0 aromatic heterocycles. The van der Waals surface area contributed by atoms with Crippen molar-refractivity contribution >= 4 is 24.0 Å². The number of ether oxygens (including phenoxy) is 2. The minimum atomic E-state index is 0. The average Bonchev–Trinajstić information content (AvgIpc) is 2.61. The van der Waals surface area contributed by atoms with Gasteiger partial charge in [-0.1, -0.05) is 25.5 Å². The van der Waals surface area contributed by atoms with Gasteiger partial charge in [0.05, 0.1) is 19.8 Å². The van der Waals surface area contributed by atoms with Gasteiger partial charge in [-0.2, -0.15) is 0 Å². The number of piperidine rings is 1. The summed E-state index contributed by atoms with van der Waals surface area (Å²) in [6.45, 7) is 7.74. The second-order valence-corrected chi connectivity index (χ2v) is 6.78. The van der Waals surface area contributed by atoms with Crippen LogP contribution in [-0.4, -0.2) is 38.3 Å². The molecule has 1 aliphatic heterocycles. The summed E-state index contributed by atoms with van der Waals surface area (Å²) in [5, 5.41) is 6.43. The number of hydrogen-bond acceptors (Lipinski definition) is 4. The molecule has 0 spiro atoms. The van der Waals surface area contributed by atoms with Crippen molar-refractivity contribution in [3.05, 3.63) is 29.8 Å². The van der Waals surface area contributed by atoms with Crippen LogP contribution in [0.2, 0.25) is 0 Å². The topological polar surface area (TPSA) is 59.6 Å². The fraction of sp³-hybridized carbons (Fsp3) is 0.650. The molecule has 0 aliphatic carbocycles. The minimum absolute atomic E-state index is 0. The molecule has 0 unspecified atom stereocenters. The number of rotatable bonds is 10. The van der Waals surface area contributed by atoms with Gasteiger partial charge in [0.1, 0.15) is 0 Å². The number of anilines is 1. The first kappa shape index (κ1) is 22.9. The smallest absolute Gasteiger partial charge is 0.227 e. The molecule has 26 heavy (non-hydrogen) atoms. The Balaban J connectivity index is 0.00000338. The first-order chi connectivity index (χ1) is 12.2. The van der Waals surface area contributed by atoms with Crippen molar-refractivity contribution in [1.29, 1.82) is 0 Å². The Labute approximate surface area is 163 Å². The first-order valence-corrected chi connectivity index (χ1v) is 9.47. The van der Waals surface area contributed by atoms with Crippen molar-refractivity contribution in [2.24, 2.45) is 5.92 Å². The molecule has 0 bridgehead atoms. The average molecular weight is 385 g/mol. The lowest BCUT2D eigenvalue weighted by Gasteiger charge is -2.27. The van der Waals surface area contributed by atoms with E-state index in [9.17, 15) is 4.79 Å². The van der Waals surface area contributed by atoms with Crippen LogP contribution in [0.25, 0.3) is 0 Å². The van der Waals surface area contributed by atoms with E-state index >= 15 is 0 Å². The number of benzene rings is 1. The van der Waals surface area contributed by atoms with Gasteiger partial charge < -0.3 is 20.1 Å². The Morgan fingerprint density at radius 1 is 1.27 bits per heavy atom. The Morgan fingerprint density at radius 3 is 2.85 bits per heavy atom. The van der Waals surface area contributed by atoms with Crippen LogP contribution < -0.4 is 10.6 Å². The fourth-order valence-electron chi connectivity index (χ4n) is 3.01. The monoisotopic (exact) mass is 384 g/mol. The van der Waals surface area contributed by atoms with E-state index in [0.717, 1.165) is 50.1 Å². The molecule has 1 amide bonds. The normalized spacial score (nSPS) is 19.6. The largest absolute Gasteiger partial charge is 0.379 e. The maximum absolute atomic E-state index is 12.4. The third-order valence-electron chi connectivity index (χ3n) is 4.47. The fourth-order valence-corrected chi connectivity index (χ4v) is 3.01. The molecule has 0 saturated carbocycles. The molecule has 1 aromatic rings. The Bertz CT molecular complexity index is 528. The molecule has 2 rings (SSSR count). The zero-order chi connectivity index (χ0) is 17.9. The van der Waals surface area contributed by atoms with Gasteiger partial charge in [0, 0.05) is 24.3 Å². The van der Waals surface area contributed by atoms with E-state index in [0.29, 0.717) is 25.9 Å². The zero-order valence-electron chi connectivity index (χ0n) is 16.0. The second kappa shape index (κ2) is 13.1. The third kappa shape index (κ3) is 8.49. The number of carbonyl (C=O) groups is 1. The molecule has 1 aromatic carbocycles. The van der Waals surface area contributed by atoms with E-state index in [1.807, 2.05) is 24.3 Å². The predicted octanol–water partition coefficient (Wildman–Crippen LogP) is 3.77. The van der Waals surface area contributed by atoms with Crippen LogP contribution in [0.5, 0.6) is 0 Å². The zero-order valence-corrected chi connectivity index (χ0v) is 16.8. The summed E-state index contributed by atoms with van der Waals surface area (Å²) < 4.78 is 11.1. The number of carbonyl (C=O) groups excluding carboxylic acids is 1. The predicted molar refractivity (Wildman–Crippen MR) is 108 cm³/mol. The highest BCUT2D eigenvalue weighted by molar-refractivity contribution is 5.92. The number of halogens is 1. The second-order valence-electron chi connectivity index (χ2n) is 6.78. The molecular formula is C20H33ClN2O3. The van der Waals surface area contributed by atoms with E-state index in [1.165, 1.54) is 0 Å². The van der Waals surface area contributed by atoms with E-state index in [2.05, 4.69) is 24.5 Å². The number of unbranched alkanes of at least 4 members (excludes halogenated alkanes) is 1. The quantitative estimate of drug-likeness (QED) is 0.603. The maximum atomic E-state index is 12.4. The number of nitrogens with one attached hydrogen (secondary N) is 2. The summed E-state index contributed by atoms with van der Waals surface area (Å²) in [6.07, 6.45) is 4.04. The standard InChI is InChI=1S/C20H32N2O3.ClH/c1-3-4-10-24-11-12-25-15-17-6-5-7-19(14-17)22-20(23)18-8-9-21-16(2)13-18;/h5-7,14,16,18,21H,3-4,8-13,15H2,1-2H3,(H,22,23);1H/t16-,18-;/m0./s1. The van der Waals surface area contributed by atoms with Gasteiger partial charge in [-0.3, -0.25) is 4.79 Å². The number of amides is 1. The highest BCUT2D eigenvalue weighted by Crippen LogP contribution is 2.19. The van der Waals surface area contributed by atoms with Crippen molar-refractivity contribution in [3.8, 4) is 0 Å². The van der Waals surface area contributed by atoms with Gasteiger partial charge in [0.25, 0.3) is 0 Å². The highest BCUT2D eigenvalue weighted by atomic mass is 35.5. The van der Waals surface area contributed by atoms with Crippen LogP contribution in [0.15, 0.2) is 24.3 Å². The van der Waals surface area contributed by atoms with Gasteiger partial charge in [-0.05, 0) is 50.4 Å². The van der Waals surface area contributed by atoms with Crippen LogP contribution in [0.3, 0.4) is 0 Å².